The third-order valence-corrected chi connectivity index (χ3v) is 4.65. The zero-order valence-corrected chi connectivity index (χ0v) is 14.3. The molecule has 0 aliphatic rings. The van der Waals surface area contributed by atoms with E-state index in [4.69, 9.17) is 9.47 Å². The lowest BCUT2D eigenvalue weighted by molar-refractivity contribution is 0.354. The molecule has 0 aliphatic heterocycles. The van der Waals surface area contributed by atoms with Crippen LogP contribution in [0, 0.1) is 0 Å². The number of aromatic nitrogens is 4. The molecular formula is C15H15N5O4S. The first kappa shape index (κ1) is 16.7. The third-order valence-electron chi connectivity index (χ3n) is 3.30. The summed E-state index contributed by atoms with van der Waals surface area (Å²) < 4.78 is 39.3. The first-order chi connectivity index (χ1) is 12.0. The molecule has 2 aromatic heterocycles. The molecule has 130 valence electrons. The SMILES string of the molecule is COc1ccc(S(=O)(=O)Nc2cc(-n3cccn3)ncn2)cc1OC. The number of anilines is 1. The fraction of sp³-hybridized carbons (Fsp3) is 0.133. The van der Waals surface area contributed by atoms with E-state index in [1.54, 1.807) is 18.5 Å². The molecule has 1 aromatic carbocycles. The van der Waals surface area contributed by atoms with Gasteiger partial charge in [-0.3, -0.25) is 4.72 Å². The average Bonchev–Trinajstić information content (AvgIpc) is 3.15. The van der Waals surface area contributed by atoms with Crippen molar-refractivity contribution in [3.8, 4) is 17.3 Å². The summed E-state index contributed by atoms with van der Waals surface area (Å²) >= 11 is 0. The van der Waals surface area contributed by atoms with E-state index in [0.717, 1.165) is 0 Å². The van der Waals surface area contributed by atoms with Gasteiger partial charge in [-0.1, -0.05) is 0 Å². The van der Waals surface area contributed by atoms with Gasteiger partial charge in [-0.2, -0.15) is 5.10 Å². The van der Waals surface area contributed by atoms with E-state index in [2.05, 4.69) is 19.8 Å². The molecule has 3 aromatic rings. The maximum atomic E-state index is 12.6. The van der Waals surface area contributed by atoms with Crippen LogP contribution < -0.4 is 14.2 Å². The van der Waals surface area contributed by atoms with Crippen molar-refractivity contribution < 1.29 is 17.9 Å². The highest BCUT2D eigenvalue weighted by atomic mass is 32.2. The third kappa shape index (κ3) is 3.53. The van der Waals surface area contributed by atoms with Gasteiger partial charge in [0.2, 0.25) is 0 Å². The van der Waals surface area contributed by atoms with Crippen molar-refractivity contribution in [2.45, 2.75) is 4.90 Å². The van der Waals surface area contributed by atoms with E-state index in [9.17, 15) is 8.42 Å². The number of ether oxygens (including phenoxy) is 2. The predicted molar refractivity (Wildman–Crippen MR) is 89.5 cm³/mol. The van der Waals surface area contributed by atoms with Crippen molar-refractivity contribution >= 4 is 15.8 Å². The smallest absolute Gasteiger partial charge is 0.263 e. The van der Waals surface area contributed by atoms with Crippen LogP contribution in [0.4, 0.5) is 5.82 Å². The van der Waals surface area contributed by atoms with Crippen LogP contribution in [0.1, 0.15) is 0 Å². The van der Waals surface area contributed by atoms with E-state index in [-0.39, 0.29) is 10.7 Å². The molecule has 2 heterocycles. The second-order valence-corrected chi connectivity index (χ2v) is 6.52. The Kier molecular flexibility index (Phi) is 4.52. The molecule has 0 radical (unpaired) electrons. The van der Waals surface area contributed by atoms with Crippen LogP contribution in [0.5, 0.6) is 11.5 Å². The Balaban J connectivity index is 1.91. The largest absolute Gasteiger partial charge is 0.493 e. The summed E-state index contributed by atoms with van der Waals surface area (Å²) in [4.78, 5) is 8.01. The Morgan fingerprint density at radius 1 is 1.08 bits per heavy atom. The van der Waals surface area contributed by atoms with Crippen molar-refractivity contribution in [3.63, 3.8) is 0 Å². The lowest BCUT2D eigenvalue weighted by atomic mass is 10.3. The first-order valence-electron chi connectivity index (χ1n) is 7.10. The molecule has 25 heavy (non-hydrogen) atoms. The molecule has 1 N–H and O–H groups in total. The van der Waals surface area contributed by atoms with E-state index in [0.29, 0.717) is 17.3 Å². The van der Waals surface area contributed by atoms with Gasteiger partial charge in [-0.25, -0.2) is 23.1 Å². The Labute approximate surface area is 144 Å². The van der Waals surface area contributed by atoms with Crippen LogP contribution in [-0.2, 0) is 10.0 Å². The van der Waals surface area contributed by atoms with Gasteiger partial charge in [0.25, 0.3) is 10.0 Å². The van der Waals surface area contributed by atoms with Gasteiger partial charge in [0.1, 0.15) is 12.1 Å². The second-order valence-electron chi connectivity index (χ2n) is 4.83. The van der Waals surface area contributed by atoms with Crippen LogP contribution in [-0.4, -0.2) is 42.4 Å². The van der Waals surface area contributed by atoms with Crippen molar-refractivity contribution in [2.75, 3.05) is 18.9 Å². The molecule has 0 fully saturated rings. The quantitative estimate of drug-likeness (QED) is 0.708. The topological polar surface area (TPSA) is 108 Å². The molecule has 0 amide bonds. The summed E-state index contributed by atoms with van der Waals surface area (Å²) in [5, 5.41) is 4.04. The Bertz CT molecular complexity index is 973. The maximum Gasteiger partial charge on any atom is 0.263 e. The lowest BCUT2D eigenvalue weighted by Crippen LogP contribution is -2.15. The zero-order chi connectivity index (χ0) is 17.9. The Hall–Kier alpha value is -3.14. The summed E-state index contributed by atoms with van der Waals surface area (Å²) in [5.74, 6) is 1.30. The second kappa shape index (κ2) is 6.77. The van der Waals surface area contributed by atoms with Gasteiger partial charge >= 0.3 is 0 Å². The molecule has 9 nitrogen and oxygen atoms in total. The Morgan fingerprint density at radius 3 is 2.56 bits per heavy atom. The van der Waals surface area contributed by atoms with E-state index in [1.165, 1.54) is 49.5 Å². The number of hydrogen-bond acceptors (Lipinski definition) is 7. The molecule has 3 rings (SSSR count). The number of hydrogen-bond donors (Lipinski definition) is 1. The number of methoxy groups -OCH3 is 2. The van der Waals surface area contributed by atoms with Crippen LogP contribution in [0.2, 0.25) is 0 Å². The molecule has 10 heteroatoms. The molecule has 0 saturated heterocycles. The summed E-state index contributed by atoms with van der Waals surface area (Å²) in [6, 6.07) is 7.51. The molecule has 0 aliphatic carbocycles. The molecular weight excluding hydrogens is 346 g/mol. The fourth-order valence-corrected chi connectivity index (χ4v) is 3.13. The van der Waals surface area contributed by atoms with Crippen molar-refractivity contribution in [2.24, 2.45) is 0 Å². The molecule has 0 bridgehead atoms. The minimum absolute atomic E-state index is 0.0180. The van der Waals surface area contributed by atoms with E-state index in [1.807, 2.05) is 0 Å². The van der Waals surface area contributed by atoms with Crippen molar-refractivity contribution in [1.82, 2.24) is 19.7 Å². The highest BCUT2D eigenvalue weighted by Gasteiger charge is 2.18. The van der Waals surface area contributed by atoms with E-state index >= 15 is 0 Å². The van der Waals surface area contributed by atoms with Gasteiger partial charge < -0.3 is 9.47 Å². The molecule has 0 atom stereocenters. The van der Waals surface area contributed by atoms with Gasteiger partial charge in [0.05, 0.1) is 19.1 Å². The summed E-state index contributed by atoms with van der Waals surface area (Å²) in [6.45, 7) is 0. The minimum atomic E-state index is -3.86. The number of nitrogens with zero attached hydrogens (tertiary/aromatic N) is 4. The minimum Gasteiger partial charge on any atom is -0.493 e. The number of sulfonamides is 1. The van der Waals surface area contributed by atoms with Crippen LogP contribution in [0.15, 0.2) is 53.9 Å². The number of benzene rings is 1. The van der Waals surface area contributed by atoms with Crippen LogP contribution >= 0.6 is 0 Å². The number of rotatable bonds is 6. The zero-order valence-electron chi connectivity index (χ0n) is 13.4. The van der Waals surface area contributed by atoms with Gasteiger partial charge in [0, 0.05) is 24.5 Å². The standard InChI is InChI=1S/C15H15N5O4S/c1-23-12-5-4-11(8-13(12)24-2)25(21,22)19-14-9-15(17-10-16-14)20-7-3-6-18-20/h3-10H,1-2H3,(H,16,17,19). The maximum absolute atomic E-state index is 12.6. The van der Waals surface area contributed by atoms with Gasteiger partial charge in [-0.05, 0) is 18.2 Å². The van der Waals surface area contributed by atoms with Gasteiger partial charge in [0.15, 0.2) is 17.3 Å². The molecule has 0 saturated carbocycles. The van der Waals surface area contributed by atoms with Crippen molar-refractivity contribution in [3.05, 3.63) is 49.1 Å². The number of nitrogens with one attached hydrogen (secondary N) is 1. The van der Waals surface area contributed by atoms with Gasteiger partial charge in [-0.15, -0.1) is 0 Å². The molecule has 0 spiro atoms. The highest BCUT2D eigenvalue weighted by molar-refractivity contribution is 7.92. The summed E-state index contributed by atoms with van der Waals surface area (Å²) in [6.07, 6.45) is 4.54. The first-order valence-corrected chi connectivity index (χ1v) is 8.59. The average molecular weight is 361 g/mol. The lowest BCUT2D eigenvalue weighted by Gasteiger charge is -2.11. The fourth-order valence-electron chi connectivity index (χ4n) is 2.11. The highest BCUT2D eigenvalue weighted by Crippen LogP contribution is 2.30. The Morgan fingerprint density at radius 2 is 1.88 bits per heavy atom. The summed E-state index contributed by atoms with van der Waals surface area (Å²) in [5.41, 5.74) is 0. The van der Waals surface area contributed by atoms with Crippen molar-refractivity contribution in [1.29, 1.82) is 0 Å². The molecule has 0 unspecified atom stereocenters. The van der Waals surface area contributed by atoms with Crippen LogP contribution in [0.25, 0.3) is 5.82 Å². The predicted octanol–water partition coefficient (Wildman–Crippen LogP) is 1.48. The monoisotopic (exact) mass is 361 g/mol. The summed E-state index contributed by atoms with van der Waals surface area (Å²) in [7, 11) is -0.955. The van der Waals surface area contributed by atoms with Crippen LogP contribution in [0.3, 0.4) is 0 Å². The van der Waals surface area contributed by atoms with E-state index < -0.39 is 10.0 Å². The normalized spacial score (nSPS) is 11.1.